The summed E-state index contributed by atoms with van der Waals surface area (Å²) in [5.74, 6) is 2.92. The van der Waals surface area contributed by atoms with Crippen LogP contribution in [0.1, 0.15) is 51.2 Å². The molecule has 6 heteroatoms. The van der Waals surface area contributed by atoms with Gasteiger partial charge in [-0.3, -0.25) is 4.98 Å². The summed E-state index contributed by atoms with van der Waals surface area (Å²) >= 11 is 0. The first-order chi connectivity index (χ1) is 12.7. The zero-order valence-electron chi connectivity index (χ0n) is 16.1. The van der Waals surface area contributed by atoms with Crippen molar-refractivity contribution in [2.75, 3.05) is 25.1 Å². The highest BCUT2D eigenvalue weighted by Crippen LogP contribution is 2.22. The molecule has 2 rings (SSSR count). The van der Waals surface area contributed by atoms with Crippen LogP contribution in [0.5, 0.6) is 11.5 Å². The van der Waals surface area contributed by atoms with Gasteiger partial charge in [0.1, 0.15) is 24.8 Å². The number of unbranched alkanes of at least 4 members (excludes halogenated alkanes) is 1. The van der Waals surface area contributed by atoms with E-state index in [1.54, 1.807) is 12.4 Å². The van der Waals surface area contributed by atoms with Gasteiger partial charge in [0.05, 0.1) is 11.9 Å². The minimum atomic E-state index is 0. The van der Waals surface area contributed by atoms with Crippen LogP contribution in [0.2, 0.25) is 0 Å². The monoisotopic (exact) mass is 372 g/mol. The predicted octanol–water partition coefficient (Wildman–Crippen LogP) is 4.83. The molecule has 0 radical (unpaired) electrons. The highest BCUT2D eigenvalue weighted by molar-refractivity contribution is 5.52. The maximum Gasteiger partial charge on any atom is 0.180 e. The Morgan fingerprint density at radius 2 is 1.85 bits per heavy atom. The van der Waals surface area contributed by atoms with Crippen molar-refractivity contribution in [3.8, 4) is 11.5 Å². The van der Waals surface area contributed by atoms with Crippen LogP contribution in [0.25, 0.3) is 6.08 Å². The highest BCUT2D eigenvalue weighted by Gasteiger charge is 2.08. The van der Waals surface area contributed by atoms with Crippen molar-refractivity contribution < 1.29 is 9.47 Å². The molecule has 2 aromatic heterocycles. The summed E-state index contributed by atoms with van der Waals surface area (Å²) in [4.78, 5) is 13.0. The van der Waals surface area contributed by atoms with Crippen LogP contribution in [-0.2, 0) is 0 Å². The van der Waals surface area contributed by atoms with Crippen LogP contribution >= 0.6 is 0 Å². The Morgan fingerprint density at radius 3 is 2.56 bits per heavy atom. The molecule has 27 heavy (non-hydrogen) atoms. The third kappa shape index (κ3) is 6.89. The first-order valence-corrected chi connectivity index (χ1v) is 9.07. The molecule has 0 fully saturated rings. The van der Waals surface area contributed by atoms with Crippen LogP contribution in [-0.4, -0.2) is 34.7 Å². The number of ether oxygens (including phenoxy) is 2. The van der Waals surface area contributed by atoms with Crippen molar-refractivity contribution >= 4 is 11.9 Å². The van der Waals surface area contributed by atoms with Crippen LogP contribution in [0.4, 0.5) is 5.82 Å². The molecule has 0 unspecified atom stereocenters. The average Bonchev–Trinajstić information content (AvgIpc) is 2.63. The molecule has 0 spiro atoms. The van der Waals surface area contributed by atoms with E-state index in [1.807, 2.05) is 39.0 Å². The predicted molar refractivity (Wildman–Crippen MR) is 112 cm³/mol. The Kier molecular flexibility index (Phi) is 9.86. The third-order valence-electron chi connectivity index (χ3n) is 3.81. The number of anilines is 1. The molecule has 0 aliphatic heterocycles. The summed E-state index contributed by atoms with van der Waals surface area (Å²) in [6.07, 6.45) is 9.60. The number of allylic oxidation sites excluding steroid dienone is 1. The van der Waals surface area contributed by atoms with Crippen molar-refractivity contribution in [1.82, 2.24) is 15.0 Å². The Hall–Kier alpha value is -2.63. The summed E-state index contributed by atoms with van der Waals surface area (Å²) in [5.41, 5.74) is 1.94. The maximum absolute atomic E-state index is 5.85. The number of aryl methyl sites for hydroxylation is 1. The number of hydrogen-bond donors (Lipinski definition) is 1. The number of aromatic nitrogens is 3. The summed E-state index contributed by atoms with van der Waals surface area (Å²) in [7, 11) is 0. The molecule has 0 aliphatic carbocycles. The minimum absolute atomic E-state index is 0. The third-order valence-corrected chi connectivity index (χ3v) is 3.81. The topological polar surface area (TPSA) is 69.2 Å². The van der Waals surface area contributed by atoms with Crippen LogP contribution in [0.15, 0.2) is 24.5 Å². The van der Waals surface area contributed by atoms with Gasteiger partial charge in [0, 0.05) is 18.3 Å². The van der Waals surface area contributed by atoms with Crippen LogP contribution < -0.4 is 14.8 Å². The molecule has 0 bridgehead atoms. The van der Waals surface area contributed by atoms with Crippen molar-refractivity contribution in [3.63, 3.8) is 0 Å². The second-order valence-corrected chi connectivity index (χ2v) is 5.93. The zero-order chi connectivity index (χ0) is 18.8. The van der Waals surface area contributed by atoms with E-state index in [9.17, 15) is 0 Å². The quantitative estimate of drug-likeness (QED) is 0.603. The van der Waals surface area contributed by atoms with Gasteiger partial charge >= 0.3 is 0 Å². The molecule has 0 saturated carbocycles. The molecule has 1 N–H and O–H groups in total. The lowest BCUT2D eigenvalue weighted by molar-refractivity contribution is 0.216. The minimum Gasteiger partial charge on any atom is -0.490 e. The number of rotatable bonds is 10. The van der Waals surface area contributed by atoms with E-state index in [2.05, 4.69) is 27.2 Å². The SMILES string of the molecule is C.C/C=C\c1nccc(OCCOc2cnc(C)nc2NCCCC)c1C. The fourth-order valence-electron chi connectivity index (χ4n) is 2.39. The smallest absolute Gasteiger partial charge is 0.180 e. The van der Waals surface area contributed by atoms with Gasteiger partial charge in [0.25, 0.3) is 0 Å². The summed E-state index contributed by atoms with van der Waals surface area (Å²) < 4.78 is 11.7. The molecule has 148 valence electrons. The van der Waals surface area contributed by atoms with Gasteiger partial charge < -0.3 is 14.8 Å². The standard InChI is InChI=1S/C20H28N4O2.CH4/c1-5-7-10-22-20-19(14-23-16(4)24-20)26-13-12-25-18-9-11-21-17(8-6-2)15(18)3;/h6,8-9,11,14H,5,7,10,12-13H2,1-4H3,(H,22,23,24);1H4/b8-6-;. The Bertz CT molecular complexity index is 732. The molecule has 2 aromatic rings. The second-order valence-electron chi connectivity index (χ2n) is 5.93. The Morgan fingerprint density at radius 1 is 1.11 bits per heavy atom. The fraction of sp³-hybridized carbons (Fsp3) is 0.476. The van der Waals surface area contributed by atoms with E-state index in [0.717, 1.165) is 48.0 Å². The number of nitrogens with one attached hydrogen (secondary N) is 1. The lowest BCUT2D eigenvalue weighted by Crippen LogP contribution is -2.13. The second kappa shape index (κ2) is 11.9. The number of pyridine rings is 1. The van der Waals surface area contributed by atoms with E-state index in [4.69, 9.17) is 9.47 Å². The van der Waals surface area contributed by atoms with Gasteiger partial charge in [-0.25, -0.2) is 9.97 Å². The normalized spacial score (nSPS) is 10.5. The lowest BCUT2D eigenvalue weighted by Gasteiger charge is -2.14. The highest BCUT2D eigenvalue weighted by atomic mass is 16.5. The van der Waals surface area contributed by atoms with Crippen molar-refractivity contribution in [2.24, 2.45) is 0 Å². The van der Waals surface area contributed by atoms with E-state index in [1.165, 1.54) is 0 Å². The van der Waals surface area contributed by atoms with Crippen LogP contribution in [0, 0.1) is 13.8 Å². The molecule has 0 amide bonds. The number of hydrogen-bond acceptors (Lipinski definition) is 6. The largest absolute Gasteiger partial charge is 0.490 e. The van der Waals surface area contributed by atoms with Crippen molar-refractivity contribution in [3.05, 3.63) is 41.6 Å². The molecule has 2 heterocycles. The van der Waals surface area contributed by atoms with Crippen molar-refractivity contribution in [1.29, 1.82) is 0 Å². The Labute approximate surface area is 163 Å². The maximum atomic E-state index is 5.85. The summed E-state index contributed by atoms with van der Waals surface area (Å²) in [6.45, 7) is 9.71. The lowest BCUT2D eigenvalue weighted by atomic mass is 10.2. The van der Waals surface area contributed by atoms with Gasteiger partial charge in [0.15, 0.2) is 11.6 Å². The number of nitrogens with zero attached hydrogens (tertiary/aromatic N) is 3. The molecular weight excluding hydrogens is 340 g/mol. The summed E-state index contributed by atoms with van der Waals surface area (Å²) in [6, 6.07) is 1.87. The van der Waals surface area contributed by atoms with E-state index >= 15 is 0 Å². The molecule has 0 aliphatic rings. The van der Waals surface area contributed by atoms with E-state index in [0.29, 0.717) is 19.0 Å². The fourth-order valence-corrected chi connectivity index (χ4v) is 2.39. The average molecular weight is 373 g/mol. The van der Waals surface area contributed by atoms with Crippen molar-refractivity contribution in [2.45, 2.75) is 48.0 Å². The van der Waals surface area contributed by atoms with E-state index in [-0.39, 0.29) is 7.43 Å². The van der Waals surface area contributed by atoms with Crippen LogP contribution in [0.3, 0.4) is 0 Å². The molecule has 0 saturated heterocycles. The van der Waals surface area contributed by atoms with Gasteiger partial charge in [-0.2, -0.15) is 0 Å². The molecular formula is C21H32N4O2. The molecule has 0 atom stereocenters. The van der Waals surface area contributed by atoms with E-state index < -0.39 is 0 Å². The molecule has 6 nitrogen and oxygen atoms in total. The summed E-state index contributed by atoms with van der Waals surface area (Å²) in [5, 5.41) is 3.31. The van der Waals surface area contributed by atoms with Gasteiger partial charge in [-0.1, -0.05) is 26.8 Å². The van der Waals surface area contributed by atoms with Gasteiger partial charge in [0.2, 0.25) is 0 Å². The zero-order valence-corrected chi connectivity index (χ0v) is 16.1. The van der Waals surface area contributed by atoms with Gasteiger partial charge in [-0.15, -0.1) is 0 Å². The first kappa shape index (κ1) is 22.4. The van der Waals surface area contributed by atoms with Gasteiger partial charge in [-0.05, 0) is 39.3 Å². The Balaban J connectivity index is 0.00000364. The first-order valence-electron chi connectivity index (χ1n) is 9.07. The molecule has 0 aromatic carbocycles.